The van der Waals surface area contributed by atoms with Crippen molar-refractivity contribution in [3.05, 3.63) is 34.0 Å². The Morgan fingerprint density at radius 2 is 2.00 bits per heavy atom. The molecule has 7 heteroatoms. The molecule has 0 spiro atoms. The van der Waals surface area contributed by atoms with E-state index in [1.54, 1.807) is 37.6 Å². The maximum Gasteiger partial charge on any atom is 0.229 e. The summed E-state index contributed by atoms with van der Waals surface area (Å²) < 4.78 is 13.1. The minimum absolute atomic E-state index is 0.103. The molecule has 27 heavy (non-hydrogen) atoms. The van der Waals surface area contributed by atoms with Crippen molar-refractivity contribution in [3.63, 3.8) is 0 Å². The number of aromatic nitrogens is 1. The predicted molar refractivity (Wildman–Crippen MR) is 100 cm³/mol. The number of hydrogen-bond acceptors (Lipinski definition) is 6. The van der Waals surface area contributed by atoms with Crippen LogP contribution in [0.2, 0.25) is 0 Å². The van der Waals surface area contributed by atoms with Gasteiger partial charge in [-0.15, -0.1) is 0 Å². The summed E-state index contributed by atoms with van der Waals surface area (Å²) in [6.07, 6.45) is -0.661. The molecular weight excluding hydrogens is 350 g/mol. The summed E-state index contributed by atoms with van der Waals surface area (Å²) >= 11 is 0. The van der Waals surface area contributed by atoms with Crippen molar-refractivity contribution in [1.82, 2.24) is 4.57 Å². The Labute approximate surface area is 155 Å². The number of ether oxygens (including phenoxy) is 2. The summed E-state index contributed by atoms with van der Waals surface area (Å²) in [4.78, 5) is 13.0. The van der Waals surface area contributed by atoms with Crippen LogP contribution in [0.3, 0.4) is 0 Å². The van der Waals surface area contributed by atoms with Crippen molar-refractivity contribution in [1.29, 1.82) is 0 Å². The molecule has 0 fully saturated rings. The normalized spacial score (nSPS) is 18.3. The van der Waals surface area contributed by atoms with Crippen LogP contribution in [0.5, 0.6) is 23.0 Å². The van der Waals surface area contributed by atoms with E-state index in [9.17, 15) is 20.1 Å². The second-order valence-corrected chi connectivity index (χ2v) is 7.43. The van der Waals surface area contributed by atoms with Crippen molar-refractivity contribution in [3.8, 4) is 34.3 Å². The number of benzene rings is 2. The third kappa shape index (κ3) is 2.28. The molecule has 1 aliphatic carbocycles. The Kier molecular flexibility index (Phi) is 3.58. The van der Waals surface area contributed by atoms with E-state index in [2.05, 4.69) is 0 Å². The van der Waals surface area contributed by atoms with Crippen molar-refractivity contribution in [2.75, 3.05) is 7.11 Å². The van der Waals surface area contributed by atoms with Gasteiger partial charge in [0.25, 0.3) is 0 Å². The molecule has 0 saturated heterocycles. The van der Waals surface area contributed by atoms with E-state index in [0.29, 0.717) is 33.5 Å². The molecule has 0 saturated carbocycles. The molecule has 1 atom stereocenters. The lowest BCUT2D eigenvalue weighted by molar-refractivity contribution is -0.0411. The largest absolute Gasteiger partial charge is 0.504 e. The summed E-state index contributed by atoms with van der Waals surface area (Å²) in [7, 11) is 3.08. The van der Waals surface area contributed by atoms with E-state index in [1.807, 2.05) is 0 Å². The Balaban J connectivity index is 2.21. The van der Waals surface area contributed by atoms with Crippen molar-refractivity contribution in [2.24, 2.45) is 7.05 Å². The zero-order chi connectivity index (χ0) is 19.7. The molecule has 1 aromatic carbocycles. The van der Waals surface area contributed by atoms with Crippen LogP contribution >= 0.6 is 0 Å². The monoisotopic (exact) mass is 371 g/mol. The highest BCUT2D eigenvalue weighted by molar-refractivity contribution is 5.95. The Bertz CT molecular complexity index is 1110. The molecule has 3 N–H and O–H groups in total. The summed E-state index contributed by atoms with van der Waals surface area (Å²) in [6.45, 7) is 3.54. The summed E-state index contributed by atoms with van der Waals surface area (Å²) in [5, 5.41) is 31.2. The van der Waals surface area contributed by atoms with Gasteiger partial charge in [0, 0.05) is 30.0 Å². The van der Waals surface area contributed by atoms with Crippen molar-refractivity contribution >= 4 is 10.9 Å². The second-order valence-electron chi connectivity index (χ2n) is 7.43. The number of fused-ring (bicyclic) bond motifs is 4. The highest BCUT2D eigenvalue weighted by Crippen LogP contribution is 2.47. The number of methoxy groups -OCH3 is 1. The van der Waals surface area contributed by atoms with Gasteiger partial charge in [0.1, 0.15) is 11.4 Å². The van der Waals surface area contributed by atoms with Gasteiger partial charge < -0.3 is 29.4 Å². The van der Waals surface area contributed by atoms with Crippen LogP contribution < -0.4 is 14.9 Å². The fourth-order valence-corrected chi connectivity index (χ4v) is 3.79. The minimum atomic E-state index is -0.856. The molecule has 142 valence electrons. The first-order valence-corrected chi connectivity index (χ1v) is 8.61. The molecular formula is C20H21NO6. The van der Waals surface area contributed by atoms with Crippen molar-refractivity contribution < 1.29 is 24.8 Å². The van der Waals surface area contributed by atoms with Gasteiger partial charge in [0.05, 0.1) is 24.4 Å². The number of phenolic OH excluding ortho intramolecular Hbond substituents is 2. The maximum absolute atomic E-state index is 13.0. The van der Waals surface area contributed by atoms with Crippen LogP contribution in [-0.4, -0.2) is 38.7 Å². The number of rotatable bonds is 1. The number of phenols is 2. The van der Waals surface area contributed by atoms with Crippen molar-refractivity contribution in [2.45, 2.75) is 32.0 Å². The highest BCUT2D eigenvalue weighted by atomic mass is 16.5. The van der Waals surface area contributed by atoms with E-state index in [0.717, 1.165) is 0 Å². The van der Waals surface area contributed by atoms with E-state index in [4.69, 9.17) is 9.47 Å². The fraction of sp³-hybridized carbons (Fsp3) is 0.350. The summed E-state index contributed by atoms with van der Waals surface area (Å²) in [5.74, 6) is -0.0133. The topological polar surface area (TPSA) is 101 Å². The number of aliphatic hydroxyl groups is 1. The number of aliphatic hydroxyl groups excluding tert-OH is 1. The molecule has 0 amide bonds. The summed E-state index contributed by atoms with van der Waals surface area (Å²) in [5.41, 5.74) is 0.613. The van der Waals surface area contributed by atoms with Crippen LogP contribution in [-0.2, 0) is 13.5 Å². The average molecular weight is 371 g/mol. The highest BCUT2D eigenvalue weighted by Gasteiger charge is 2.40. The molecule has 2 aliphatic heterocycles. The van der Waals surface area contributed by atoms with Gasteiger partial charge in [-0.25, -0.2) is 0 Å². The van der Waals surface area contributed by atoms with Gasteiger partial charge in [-0.05, 0) is 32.0 Å². The smallest absolute Gasteiger partial charge is 0.229 e. The predicted octanol–water partition coefficient (Wildman–Crippen LogP) is 2.14. The molecule has 0 bridgehead atoms. The Morgan fingerprint density at radius 1 is 1.30 bits per heavy atom. The number of pyridine rings is 1. The molecule has 4 rings (SSSR count). The molecule has 2 heterocycles. The van der Waals surface area contributed by atoms with Gasteiger partial charge in [0.2, 0.25) is 5.43 Å². The quantitative estimate of drug-likeness (QED) is 0.448. The number of aromatic hydroxyl groups is 2. The van der Waals surface area contributed by atoms with Crippen LogP contribution in [0.25, 0.3) is 22.2 Å². The van der Waals surface area contributed by atoms with E-state index < -0.39 is 11.7 Å². The molecule has 1 unspecified atom stereocenters. The second kappa shape index (κ2) is 5.53. The molecule has 7 nitrogen and oxygen atoms in total. The zero-order valence-electron chi connectivity index (χ0n) is 15.5. The lowest BCUT2D eigenvalue weighted by Gasteiger charge is -2.38. The van der Waals surface area contributed by atoms with Gasteiger partial charge in [-0.3, -0.25) is 4.79 Å². The minimum Gasteiger partial charge on any atom is -0.504 e. The zero-order valence-corrected chi connectivity index (χ0v) is 15.5. The van der Waals surface area contributed by atoms with Gasteiger partial charge in [-0.2, -0.15) is 0 Å². The first kappa shape index (κ1) is 17.5. The summed E-state index contributed by atoms with van der Waals surface area (Å²) in [6, 6.07) is 4.87. The first-order chi connectivity index (χ1) is 12.7. The third-order valence-electron chi connectivity index (χ3n) is 5.37. The molecule has 1 aromatic rings. The lowest BCUT2D eigenvalue weighted by atomic mass is 9.87. The first-order valence-electron chi connectivity index (χ1n) is 8.61. The van der Waals surface area contributed by atoms with Gasteiger partial charge >= 0.3 is 0 Å². The van der Waals surface area contributed by atoms with Crippen LogP contribution in [0.1, 0.15) is 19.4 Å². The van der Waals surface area contributed by atoms with Crippen LogP contribution in [0, 0.1) is 0 Å². The van der Waals surface area contributed by atoms with Crippen LogP contribution in [0.15, 0.2) is 23.0 Å². The Hall–Kier alpha value is -2.93. The number of hydrogen-bond donors (Lipinski definition) is 3. The standard InChI is InChI=1S/C20H21NO6/c1-20(2)13(23)8-11-16(24)19(26-4)15-10(18(11)27-20)7-9-5-6-12(22)17(25)14(9)21(15)3/h5-7,13,22-23,25H,8H2,1-4H3. The van der Waals surface area contributed by atoms with Crippen LogP contribution in [0.4, 0.5) is 0 Å². The third-order valence-corrected chi connectivity index (χ3v) is 5.37. The van der Waals surface area contributed by atoms with E-state index >= 15 is 0 Å². The average Bonchev–Trinajstić information content (AvgIpc) is 2.61. The number of aryl methyl sites for hydroxylation is 1. The molecule has 0 aromatic heterocycles. The molecule has 0 radical (unpaired) electrons. The number of nitrogens with zero attached hydrogens (tertiary/aromatic N) is 1. The SMILES string of the molecule is COc1c2n(C)c3c(O)c(O)ccc3cc-2c2c(c1=O)CC(O)C(C)(C)O2. The van der Waals surface area contributed by atoms with E-state index in [1.165, 1.54) is 13.2 Å². The van der Waals surface area contributed by atoms with Gasteiger partial charge in [-0.1, -0.05) is 0 Å². The fourth-order valence-electron chi connectivity index (χ4n) is 3.79. The molecule has 3 aliphatic rings. The van der Waals surface area contributed by atoms with Gasteiger partial charge in [0.15, 0.2) is 17.2 Å². The lowest BCUT2D eigenvalue weighted by Crippen LogP contribution is -2.48. The maximum atomic E-state index is 13.0. The Morgan fingerprint density at radius 3 is 2.67 bits per heavy atom. The van der Waals surface area contributed by atoms with E-state index in [-0.39, 0.29) is 29.1 Å².